The van der Waals surface area contributed by atoms with Crippen molar-refractivity contribution in [2.45, 2.75) is 38.3 Å². The molecule has 1 aromatic rings. The van der Waals surface area contributed by atoms with E-state index in [9.17, 15) is 13.6 Å². The Balaban J connectivity index is 1.53. The number of piperazine rings is 1. The van der Waals surface area contributed by atoms with Gasteiger partial charge in [0.25, 0.3) is 5.92 Å². The van der Waals surface area contributed by atoms with E-state index >= 15 is 0 Å². The maximum absolute atomic E-state index is 13.2. The Kier molecular flexibility index (Phi) is 4.33. The lowest BCUT2D eigenvalue weighted by Gasteiger charge is -2.37. The number of alkyl halides is 2. The fourth-order valence-electron chi connectivity index (χ4n) is 3.08. The number of aromatic nitrogens is 2. The highest BCUT2D eigenvalue weighted by molar-refractivity contribution is 5.82. The molecule has 0 bridgehead atoms. The number of hydrogen-bond acceptors (Lipinski definition) is 6. The van der Waals surface area contributed by atoms with Crippen LogP contribution >= 0.6 is 0 Å². The van der Waals surface area contributed by atoms with Gasteiger partial charge < -0.3 is 9.42 Å². The summed E-state index contributed by atoms with van der Waals surface area (Å²) in [5, 5.41) is 6.40. The van der Waals surface area contributed by atoms with Crippen LogP contribution in [0, 0.1) is 6.92 Å². The van der Waals surface area contributed by atoms with Crippen LogP contribution in [0.25, 0.3) is 0 Å². The molecule has 2 atom stereocenters. The number of halogens is 2. The van der Waals surface area contributed by atoms with Crippen LogP contribution in [0.3, 0.4) is 0 Å². The maximum atomic E-state index is 13.2. The first-order valence-electron chi connectivity index (χ1n) is 7.80. The minimum atomic E-state index is -2.79. The third-order valence-corrected chi connectivity index (χ3v) is 4.48. The average Bonchev–Trinajstić information content (AvgIpc) is 3.11. The van der Waals surface area contributed by atoms with Crippen LogP contribution in [-0.2, 0) is 4.79 Å². The molecular formula is C14H21F2N5O2. The monoisotopic (exact) mass is 329 g/mol. The normalized spacial score (nSPS) is 26.4. The van der Waals surface area contributed by atoms with Crippen LogP contribution in [0.2, 0.25) is 0 Å². The summed E-state index contributed by atoms with van der Waals surface area (Å²) in [5.74, 6) is -1.87. The third kappa shape index (κ3) is 3.50. The van der Waals surface area contributed by atoms with Crippen molar-refractivity contribution in [1.29, 1.82) is 0 Å². The molecule has 1 amide bonds. The van der Waals surface area contributed by atoms with Crippen LogP contribution in [0.5, 0.6) is 0 Å². The van der Waals surface area contributed by atoms with Gasteiger partial charge >= 0.3 is 0 Å². The molecule has 2 aliphatic rings. The van der Waals surface area contributed by atoms with Gasteiger partial charge in [-0.2, -0.15) is 4.98 Å². The van der Waals surface area contributed by atoms with Gasteiger partial charge in [0.15, 0.2) is 5.82 Å². The van der Waals surface area contributed by atoms with Gasteiger partial charge in [-0.3, -0.25) is 15.0 Å². The van der Waals surface area contributed by atoms with Gasteiger partial charge in [0.05, 0.1) is 18.6 Å². The fourth-order valence-corrected chi connectivity index (χ4v) is 3.08. The number of carbonyl (C=O) groups is 1. The molecule has 2 fully saturated rings. The second-order valence-corrected chi connectivity index (χ2v) is 6.21. The number of aryl methyl sites for hydroxylation is 1. The predicted molar refractivity (Wildman–Crippen MR) is 77.0 cm³/mol. The number of carbonyl (C=O) groups excluding carboxylic acids is 1. The molecule has 9 heteroatoms. The highest BCUT2D eigenvalue weighted by Crippen LogP contribution is 2.27. The minimum absolute atomic E-state index is 0.0256. The summed E-state index contributed by atoms with van der Waals surface area (Å²) in [6.07, 6.45) is -0.413. The topological polar surface area (TPSA) is 74.5 Å². The highest BCUT2D eigenvalue weighted by atomic mass is 19.3. The summed E-state index contributed by atoms with van der Waals surface area (Å²) in [6, 6.07) is -0.796. The van der Waals surface area contributed by atoms with E-state index in [4.69, 9.17) is 4.52 Å². The van der Waals surface area contributed by atoms with Gasteiger partial charge in [0.1, 0.15) is 0 Å². The van der Waals surface area contributed by atoms with E-state index in [-0.39, 0.29) is 11.9 Å². The molecule has 1 N–H and O–H groups in total. The molecule has 3 heterocycles. The number of nitrogens with one attached hydrogen (secondary N) is 1. The number of nitrogens with zero attached hydrogens (tertiary/aromatic N) is 4. The molecule has 23 heavy (non-hydrogen) atoms. The summed E-state index contributed by atoms with van der Waals surface area (Å²) >= 11 is 0. The van der Waals surface area contributed by atoms with Crippen LogP contribution in [0.4, 0.5) is 8.78 Å². The third-order valence-electron chi connectivity index (χ3n) is 4.48. The van der Waals surface area contributed by atoms with Crippen molar-refractivity contribution in [3.8, 4) is 0 Å². The molecule has 1 aromatic heterocycles. The van der Waals surface area contributed by atoms with Gasteiger partial charge in [-0.15, -0.1) is 0 Å². The van der Waals surface area contributed by atoms with Crippen molar-refractivity contribution in [2.75, 3.05) is 32.7 Å². The zero-order valence-corrected chi connectivity index (χ0v) is 13.3. The summed E-state index contributed by atoms with van der Waals surface area (Å²) in [4.78, 5) is 20.3. The van der Waals surface area contributed by atoms with E-state index < -0.39 is 24.9 Å². The van der Waals surface area contributed by atoms with E-state index in [1.54, 1.807) is 11.8 Å². The van der Waals surface area contributed by atoms with Gasteiger partial charge in [-0.25, -0.2) is 8.78 Å². The molecule has 0 radical (unpaired) electrons. The minimum Gasteiger partial charge on any atom is -0.339 e. The zero-order chi connectivity index (χ0) is 16.6. The molecule has 0 saturated carbocycles. The van der Waals surface area contributed by atoms with Gasteiger partial charge in [0, 0.05) is 32.6 Å². The van der Waals surface area contributed by atoms with Gasteiger partial charge in [-0.05, 0) is 13.8 Å². The molecule has 2 unspecified atom stereocenters. The van der Waals surface area contributed by atoms with E-state index in [2.05, 4.69) is 20.4 Å². The van der Waals surface area contributed by atoms with E-state index in [1.165, 1.54) is 0 Å². The molecule has 0 spiro atoms. The van der Waals surface area contributed by atoms with Crippen molar-refractivity contribution in [3.63, 3.8) is 0 Å². The molecule has 128 valence electrons. The summed E-state index contributed by atoms with van der Waals surface area (Å²) < 4.78 is 31.6. The Hall–Kier alpha value is -1.61. The summed E-state index contributed by atoms with van der Waals surface area (Å²) in [5.41, 5.74) is 0. The molecule has 7 nitrogen and oxygen atoms in total. The SMILES string of the molecule is Cc1noc(C(C)N2CCN(C(=O)C3CC(F)(F)CN3)CC2)n1. The Morgan fingerprint density at radius 2 is 2.09 bits per heavy atom. The Bertz CT molecular complexity index is 571. The smallest absolute Gasteiger partial charge is 0.262 e. The zero-order valence-electron chi connectivity index (χ0n) is 13.3. The lowest BCUT2D eigenvalue weighted by molar-refractivity contribution is -0.135. The lowest BCUT2D eigenvalue weighted by atomic mass is 10.1. The average molecular weight is 329 g/mol. The first kappa shape index (κ1) is 16.3. The van der Waals surface area contributed by atoms with Crippen molar-refractivity contribution in [2.24, 2.45) is 0 Å². The molecule has 2 saturated heterocycles. The predicted octanol–water partition coefficient (Wildman–Crippen LogP) is 0.580. The van der Waals surface area contributed by atoms with Crippen molar-refractivity contribution >= 4 is 5.91 Å². The Morgan fingerprint density at radius 3 is 2.61 bits per heavy atom. The van der Waals surface area contributed by atoms with E-state index in [1.807, 2.05) is 6.92 Å². The quantitative estimate of drug-likeness (QED) is 0.874. The first-order chi connectivity index (χ1) is 10.9. The van der Waals surface area contributed by atoms with Crippen LogP contribution in [0.1, 0.15) is 31.1 Å². The molecule has 2 aliphatic heterocycles. The summed E-state index contributed by atoms with van der Waals surface area (Å²) in [7, 11) is 0. The molecule has 0 aromatic carbocycles. The molecule has 0 aliphatic carbocycles. The first-order valence-corrected chi connectivity index (χ1v) is 7.80. The largest absolute Gasteiger partial charge is 0.339 e. The standard InChI is InChI=1S/C14H21F2N5O2/c1-9(12-18-10(2)19-23-12)20-3-5-21(6-4-20)13(22)11-7-14(15,16)8-17-11/h9,11,17H,3-8H2,1-2H3. The second-order valence-electron chi connectivity index (χ2n) is 6.21. The fraction of sp³-hybridized carbons (Fsp3) is 0.786. The van der Waals surface area contributed by atoms with Crippen molar-refractivity contribution in [3.05, 3.63) is 11.7 Å². The van der Waals surface area contributed by atoms with Crippen LogP contribution in [0.15, 0.2) is 4.52 Å². The molecular weight excluding hydrogens is 308 g/mol. The second kappa shape index (κ2) is 6.12. The number of amides is 1. The van der Waals surface area contributed by atoms with E-state index in [0.29, 0.717) is 37.9 Å². The van der Waals surface area contributed by atoms with Gasteiger partial charge in [-0.1, -0.05) is 5.16 Å². The number of rotatable bonds is 3. The highest BCUT2D eigenvalue weighted by Gasteiger charge is 2.44. The summed E-state index contributed by atoms with van der Waals surface area (Å²) in [6.45, 7) is 5.65. The van der Waals surface area contributed by atoms with E-state index in [0.717, 1.165) is 0 Å². The van der Waals surface area contributed by atoms with Crippen molar-refractivity contribution in [1.82, 2.24) is 25.3 Å². The maximum Gasteiger partial charge on any atom is 0.262 e. The molecule has 3 rings (SSSR count). The van der Waals surface area contributed by atoms with Crippen molar-refractivity contribution < 1.29 is 18.1 Å². The van der Waals surface area contributed by atoms with Crippen LogP contribution < -0.4 is 5.32 Å². The Labute approximate surface area is 133 Å². The lowest BCUT2D eigenvalue weighted by Crippen LogP contribution is -2.53. The Morgan fingerprint density at radius 1 is 1.39 bits per heavy atom. The number of hydrogen-bond donors (Lipinski definition) is 1. The van der Waals surface area contributed by atoms with Gasteiger partial charge in [0.2, 0.25) is 11.8 Å². The van der Waals surface area contributed by atoms with Crippen LogP contribution in [-0.4, -0.2) is 70.5 Å².